The van der Waals surface area contributed by atoms with Gasteiger partial charge in [-0.2, -0.15) is 0 Å². The molecule has 1 aliphatic heterocycles. The Labute approximate surface area is 110 Å². The first-order valence-electron chi connectivity index (χ1n) is 5.59. The fraction of sp³-hybridized carbons (Fsp3) is 0.500. The maximum Gasteiger partial charge on any atom is 0.0639 e. The fourth-order valence-electron chi connectivity index (χ4n) is 2.04. The van der Waals surface area contributed by atoms with Crippen molar-refractivity contribution in [2.45, 2.75) is 0 Å². The highest BCUT2D eigenvalue weighted by Crippen LogP contribution is 2.25. The van der Waals surface area contributed by atoms with Gasteiger partial charge in [-0.1, -0.05) is 39.7 Å². The normalized spacial score (nSPS) is 17.8. The Hall–Kier alpha value is -0.250. The molecule has 0 bridgehead atoms. The van der Waals surface area contributed by atoms with Crippen LogP contribution in [0.5, 0.6) is 0 Å². The highest BCUT2D eigenvalue weighted by molar-refractivity contribution is 9.09. The van der Waals surface area contributed by atoms with Gasteiger partial charge in [0.2, 0.25) is 0 Å². The zero-order valence-corrected chi connectivity index (χ0v) is 11.5. The number of halogens is 2. The van der Waals surface area contributed by atoms with Gasteiger partial charge in [0.05, 0.1) is 10.7 Å². The van der Waals surface area contributed by atoms with Crippen LogP contribution in [-0.4, -0.2) is 43.0 Å². The van der Waals surface area contributed by atoms with Gasteiger partial charge in [0.25, 0.3) is 0 Å². The molecule has 0 amide bonds. The van der Waals surface area contributed by atoms with Crippen LogP contribution < -0.4 is 4.90 Å². The number of benzene rings is 1. The molecule has 0 aromatic heterocycles. The average Bonchev–Trinajstić information content (AvgIpc) is 2.31. The van der Waals surface area contributed by atoms with Crippen LogP contribution in [0.15, 0.2) is 24.3 Å². The largest absolute Gasteiger partial charge is 0.368 e. The van der Waals surface area contributed by atoms with E-state index in [0.717, 1.165) is 43.1 Å². The molecule has 1 aliphatic rings. The molecule has 1 fully saturated rings. The maximum absolute atomic E-state index is 6.19. The van der Waals surface area contributed by atoms with Gasteiger partial charge in [0.15, 0.2) is 0 Å². The van der Waals surface area contributed by atoms with Crippen molar-refractivity contribution in [1.82, 2.24) is 4.90 Å². The molecule has 1 saturated heterocycles. The summed E-state index contributed by atoms with van der Waals surface area (Å²) in [5.74, 6) is 0. The lowest BCUT2D eigenvalue weighted by molar-refractivity contribution is 0.274. The van der Waals surface area contributed by atoms with Crippen LogP contribution in [0.2, 0.25) is 5.02 Å². The van der Waals surface area contributed by atoms with E-state index in [9.17, 15) is 0 Å². The van der Waals surface area contributed by atoms with Crippen LogP contribution in [0.25, 0.3) is 0 Å². The van der Waals surface area contributed by atoms with Gasteiger partial charge in [0.1, 0.15) is 0 Å². The van der Waals surface area contributed by atoms with Gasteiger partial charge in [-0.25, -0.2) is 0 Å². The molecule has 4 heteroatoms. The van der Waals surface area contributed by atoms with Crippen molar-refractivity contribution in [2.24, 2.45) is 0 Å². The van der Waals surface area contributed by atoms with Crippen molar-refractivity contribution in [1.29, 1.82) is 0 Å². The highest BCUT2D eigenvalue weighted by Gasteiger charge is 2.17. The minimum Gasteiger partial charge on any atom is -0.368 e. The summed E-state index contributed by atoms with van der Waals surface area (Å²) >= 11 is 9.67. The van der Waals surface area contributed by atoms with Gasteiger partial charge in [-0.3, -0.25) is 4.90 Å². The molecule has 0 N–H and O–H groups in total. The lowest BCUT2D eigenvalue weighted by atomic mass is 10.2. The number of alkyl halides is 1. The van der Waals surface area contributed by atoms with Gasteiger partial charge >= 0.3 is 0 Å². The predicted molar refractivity (Wildman–Crippen MR) is 73.9 cm³/mol. The van der Waals surface area contributed by atoms with Crippen LogP contribution in [0.3, 0.4) is 0 Å². The number of rotatable bonds is 3. The predicted octanol–water partition coefficient (Wildman–Crippen LogP) is 2.86. The molecule has 2 nitrogen and oxygen atoms in total. The summed E-state index contributed by atoms with van der Waals surface area (Å²) in [6.45, 7) is 5.51. The molecule has 0 saturated carbocycles. The van der Waals surface area contributed by atoms with Gasteiger partial charge in [0, 0.05) is 38.1 Å². The van der Waals surface area contributed by atoms with Crippen LogP contribution in [0.4, 0.5) is 5.69 Å². The fourth-order valence-corrected chi connectivity index (χ4v) is 2.80. The summed E-state index contributed by atoms with van der Waals surface area (Å²) in [4.78, 5) is 4.84. The average molecular weight is 304 g/mol. The molecule has 1 heterocycles. The van der Waals surface area contributed by atoms with E-state index < -0.39 is 0 Å². The summed E-state index contributed by atoms with van der Waals surface area (Å²) in [6.07, 6.45) is 0. The van der Waals surface area contributed by atoms with Crippen LogP contribution in [0, 0.1) is 0 Å². The van der Waals surface area contributed by atoms with Crippen LogP contribution >= 0.6 is 27.5 Å². The molecular weight excluding hydrogens is 288 g/mol. The van der Waals surface area contributed by atoms with Gasteiger partial charge < -0.3 is 4.90 Å². The van der Waals surface area contributed by atoms with Crippen LogP contribution in [0.1, 0.15) is 0 Å². The molecule has 88 valence electrons. The third-order valence-electron chi connectivity index (χ3n) is 2.97. The van der Waals surface area contributed by atoms with E-state index in [1.165, 1.54) is 5.69 Å². The number of hydrogen-bond acceptors (Lipinski definition) is 2. The minimum absolute atomic E-state index is 0.858. The second-order valence-electron chi connectivity index (χ2n) is 3.97. The van der Waals surface area contributed by atoms with E-state index >= 15 is 0 Å². The molecule has 0 aliphatic carbocycles. The molecule has 0 unspecified atom stereocenters. The topological polar surface area (TPSA) is 6.48 Å². The van der Waals surface area contributed by atoms with Gasteiger partial charge in [-0.15, -0.1) is 0 Å². The van der Waals surface area contributed by atoms with Crippen molar-refractivity contribution in [3.63, 3.8) is 0 Å². The molecular formula is C12H16BrClN2. The molecule has 0 radical (unpaired) electrons. The van der Waals surface area contributed by atoms with E-state index in [1.54, 1.807) is 0 Å². The van der Waals surface area contributed by atoms with E-state index in [2.05, 4.69) is 31.8 Å². The lowest BCUT2D eigenvalue weighted by Crippen LogP contribution is -2.47. The first kappa shape index (κ1) is 12.2. The third kappa shape index (κ3) is 2.90. The standard InChI is InChI=1S/C12H16BrClN2/c13-5-6-15-7-9-16(10-8-15)12-4-2-1-3-11(12)14/h1-4H,5-10H2. The molecule has 16 heavy (non-hydrogen) atoms. The van der Waals surface area contributed by atoms with Crippen molar-refractivity contribution < 1.29 is 0 Å². The second-order valence-corrected chi connectivity index (χ2v) is 5.17. The van der Waals surface area contributed by atoms with Crippen molar-refractivity contribution >= 4 is 33.2 Å². The Morgan fingerprint density at radius 2 is 1.81 bits per heavy atom. The first-order chi connectivity index (χ1) is 7.81. The zero-order valence-electron chi connectivity index (χ0n) is 9.20. The Bertz CT molecular complexity index is 338. The number of anilines is 1. The Morgan fingerprint density at radius 3 is 2.44 bits per heavy atom. The van der Waals surface area contributed by atoms with E-state index in [1.807, 2.05) is 18.2 Å². The molecule has 1 aromatic rings. The van der Waals surface area contributed by atoms with Crippen molar-refractivity contribution in [2.75, 3.05) is 43.0 Å². The smallest absolute Gasteiger partial charge is 0.0639 e. The molecule has 1 aromatic carbocycles. The monoisotopic (exact) mass is 302 g/mol. The van der Waals surface area contributed by atoms with Crippen molar-refractivity contribution in [3.8, 4) is 0 Å². The van der Waals surface area contributed by atoms with Crippen LogP contribution in [-0.2, 0) is 0 Å². The molecule has 0 spiro atoms. The number of nitrogens with zero attached hydrogens (tertiary/aromatic N) is 2. The maximum atomic E-state index is 6.19. The first-order valence-corrected chi connectivity index (χ1v) is 7.09. The van der Waals surface area contributed by atoms with Crippen molar-refractivity contribution in [3.05, 3.63) is 29.3 Å². The second kappa shape index (κ2) is 5.89. The lowest BCUT2D eigenvalue weighted by Gasteiger charge is -2.36. The number of hydrogen-bond donors (Lipinski definition) is 0. The summed E-state index contributed by atoms with van der Waals surface area (Å²) < 4.78 is 0. The minimum atomic E-state index is 0.858. The summed E-state index contributed by atoms with van der Waals surface area (Å²) in [5.41, 5.74) is 1.17. The zero-order chi connectivity index (χ0) is 11.4. The summed E-state index contributed by atoms with van der Waals surface area (Å²) in [7, 11) is 0. The van der Waals surface area contributed by atoms with Gasteiger partial charge in [-0.05, 0) is 12.1 Å². The number of piperazine rings is 1. The Balaban J connectivity index is 1.96. The summed E-state index contributed by atoms with van der Waals surface area (Å²) in [5, 5.41) is 1.91. The third-order valence-corrected chi connectivity index (χ3v) is 3.64. The van der Waals surface area contributed by atoms with E-state index in [0.29, 0.717) is 0 Å². The highest BCUT2D eigenvalue weighted by atomic mass is 79.9. The molecule has 2 rings (SSSR count). The Kier molecular flexibility index (Phi) is 4.50. The SMILES string of the molecule is Clc1ccccc1N1CCN(CCBr)CC1. The number of para-hydroxylation sites is 1. The van der Waals surface area contributed by atoms with E-state index in [4.69, 9.17) is 11.6 Å². The quantitative estimate of drug-likeness (QED) is 0.792. The molecule has 0 atom stereocenters. The Morgan fingerprint density at radius 1 is 1.12 bits per heavy atom. The summed E-state index contributed by atoms with van der Waals surface area (Å²) in [6, 6.07) is 8.09. The van der Waals surface area contributed by atoms with E-state index in [-0.39, 0.29) is 0 Å².